The van der Waals surface area contributed by atoms with Gasteiger partial charge in [0.1, 0.15) is 0 Å². The minimum Gasteiger partial charge on any atom is -0.326 e. The van der Waals surface area contributed by atoms with Crippen molar-refractivity contribution in [3.8, 4) is 0 Å². The highest BCUT2D eigenvalue weighted by molar-refractivity contribution is 6.04. The Hall–Kier alpha value is -3.30. The van der Waals surface area contributed by atoms with Crippen molar-refractivity contribution in [3.63, 3.8) is 0 Å². The lowest BCUT2D eigenvalue weighted by atomic mass is 10.4. The molecule has 1 aliphatic rings. The number of aromatic nitrogens is 4. The summed E-state index contributed by atoms with van der Waals surface area (Å²) < 4.78 is 0. The summed E-state index contributed by atoms with van der Waals surface area (Å²) in [6, 6.07) is 0. The van der Waals surface area contributed by atoms with Gasteiger partial charge in [0.05, 0.1) is 0 Å². The van der Waals surface area contributed by atoms with Gasteiger partial charge in [-0.25, -0.2) is 9.97 Å². The second-order valence-electron chi connectivity index (χ2n) is 3.68. The molecule has 0 radical (unpaired) electrons. The van der Waals surface area contributed by atoms with Crippen LogP contribution in [0.3, 0.4) is 0 Å². The average molecular weight is 272 g/mol. The third kappa shape index (κ3) is 2.05. The zero-order valence-electron chi connectivity index (χ0n) is 9.91. The van der Waals surface area contributed by atoms with E-state index in [-0.39, 0.29) is 23.1 Å². The quantitative estimate of drug-likeness (QED) is 0.502. The van der Waals surface area contributed by atoms with Gasteiger partial charge in [-0.1, -0.05) is 0 Å². The van der Waals surface area contributed by atoms with E-state index in [0.29, 0.717) is 0 Å². The van der Waals surface area contributed by atoms with E-state index in [9.17, 15) is 9.59 Å². The molecule has 0 aromatic carbocycles. The highest BCUT2D eigenvalue weighted by Crippen LogP contribution is 1.94. The van der Waals surface area contributed by atoms with Crippen LogP contribution >= 0.6 is 0 Å². The van der Waals surface area contributed by atoms with Gasteiger partial charge in [-0.15, -0.1) is 0 Å². The zero-order chi connectivity index (χ0) is 13.9. The number of nitrogens with one attached hydrogen (secondary N) is 4. The summed E-state index contributed by atoms with van der Waals surface area (Å²) in [6.45, 7) is 0. The van der Waals surface area contributed by atoms with E-state index in [1.807, 2.05) is 0 Å². The molecule has 0 amide bonds. The number of hydrogen-bond acceptors (Lipinski definition) is 8. The largest absolute Gasteiger partial charge is 0.326 e. The molecule has 0 saturated carbocycles. The van der Waals surface area contributed by atoms with Gasteiger partial charge in [-0.2, -0.15) is 10.2 Å². The van der Waals surface area contributed by atoms with Crippen LogP contribution in [0.5, 0.6) is 0 Å². The summed E-state index contributed by atoms with van der Waals surface area (Å²) in [5.74, 6) is 0.283. The van der Waals surface area contributed by atoms with Crippen molar-refractivity contribution >= 4 is 11.7 Å². The summed E-state index contributed by atoms with van der Waals surface area (Å²) in [4.78, 5) is 35.8. The monoisotopic (exact) mass is 272 g/mol. The lowest BCUT2D eigenvalue weighted by Gasteiger charge is -2.12. The van der Waals surface area contributed by atoms with Gasteiger partial charge >= 0.3 is 0 Å². The van der Waals surface area contributed by atoms with Crippen LogP contribution < -0.4 is 22.0 Å². The molecule has 10 nitrogen and oxygen atoms in total. The summed E-state index contributed by atoms with van der Waals surface area (Å²) >= 11 is 0. The Kier molecular flexibility index (Phi) is 2.80. The van der Waals surface area contributed by atoms with E-state index >= 15 is 0 Å². The first kappa shape index (κ1) is 11.8. The molecule has 3 rings (SSSR count). The Morgan fingerprint density at radius 1 is 0.750 bits per heavy atom. The fourth-order valence-electron chi connectivity index (χ4n) is 1.52. The van der Waals surface area contributed by atoms with Crippen LogP contribution in [0.1, 0.15) is 11.4 Å². The third-order valence-corrected chi connectivity index (χ3v) is 2.41. The lowest BCUT2D eigenvalue weighted by Crippen LogP contribution is -2.40. The predicted octanol–water partition coefficient (Wildman–Crippen LogP) is -1.93. The van der Waals surface area contributed by atoms with Crippen LogP contribution in [-0.2, 0) is 0 Å². The van der Waals surface area contributed by atoms with Crippen molar-refractivity contribution in [2.24, 2.45) is 10.2 Å². The van der Waals surface area contributed by atoms with Crippen molar-refractivity contribution in [1.82, 2.24) is 30.8 Å². The number of hydrazone groups is 2. The van der Waals surface area contributed by atoms with Crippen molar-refractivity contribution in [1.29, 1.82) is 0 Å². The first-order chi connectivity index (χ1) is 9.75. The lowest BCUT2D eigenvalue weighted by molar-refractivity contribution is 0.863. The van der Waals surface area contributed by atoms with E-state index in [1.54, 1.807) is 0 Å². The van der Waals surface area contributed by atoms with Gasteiger partial charge in [0, 0.05) is 24.8 Å². The predicted molar refractivity (Wildman–Crippen MR) is 69.1 cm³/mol. The molecule has 0 atom stereocenters. The average Bonchev–Trinajstić information content (AvgIpc) is 2.49. The summed E-state index contributed by atoms with van der Waals surface area (Å²) in [5.41, 5.74) is 4.45. The first-order valence-electron chi connectivity index (χ1n) is 5.51. The maximum Gasteiger partial charge on any atom is 0.277 e. The number of H-pyrrole nitrogens is 2. The molecule has 0 spiro atoms. The maximum absolute atomic E-state index is 11.5. The molecule has 0 fully saturated rings. The molecule has 20 heavy (non-hydrogen) atoms. The summed E-state index contributed by atoms with van der Waals surface area (Å²) in [6.07, 6.45) is 5.66. The topological polar surface area (TPSA) is 140 Å². The van der Waals surface area contributed by atoms with E-state index in [4.69, 9.17) is 0 Å². The van der Waals surface area contributed by atoms with Crippen molar-refractivity contribution < 1.29 is 0 Å². The van der Waals surface area contributed by atoms with Gasteiger partial charge in [0.2, 0.25) is 0 Å². The van der Waals surface area contributed by atoms with E-state index in [1.165, 1.54) is 24.8 Å². The number of amidine groups is 2. The molecule has 2 aromatic rings. The number of aromatic amines is 2. The van der Waals surface area contributed by atoms with E-state index in [0.717, 1.165) is 0 Å². The van der Waals surface area contributed by atoms with E-state index < -0.39 is 11.1 Å². The molecule has 0 bridgehead atoms. The highest BCUT2D eigenvalue weighted by Gasteiger charge is 2.17. The highest BCUT2D eigenvalue weighted by atomic mass is 16.1. The summed E-state index contributed by atoms with van der Waals surface area (Å²) in [5, 5.41) is 7.82. The Labute approximate surface area is 110 Å². The second-order valence-corrected chi connectivity index (χ2v) is 3.68. The summed E-state index contributed by atoms with van der Waals surface area (Å²) in [7, 11) is 0. The molecule has 3 heterocycles. The molecule has 4 N–H and O–H groups in total. The Morgan fingerprint density at radius 2 is 1.20 bits per heavy atom. The molecule has 0 unspecified atom stereocenters. The second kappa shape index (κ2) is 4.76. The fraction of sp³-hybridized carbons (Fsp3) is 0. The minimum atomic E-state index is -0.408. The van der Waals surface area contributed by atoms with Gasteiger partial charge in [-0.05, 0) is 0 Å². The molecule has 0 aliphatic carbocycles. The van der Waals surface area contributed by atoms with Gasteiger partial charge in [0.15, 0.2) is 23.1 Å². The van der Waals surface area contributed by atoms with Gasteiger partial charge < -0.3 is 9.97 Å². The van der Waals surface area contributed by atoms with E-state index in [2.05, 4.69) is 41.0 Å². The smallest absolute Gasteiger partial charge is 0.277 e. The van der Waals surface area contributed by atoms with Crippen molar-refractivity contribution in [2.75, 3.05) is 0 Å². The molecular formula is C10H8N8O2. The van der Waals surface area contributed by atoms with Crippen LogP contribution in [0, 0.1) is 0 Å². The third-order valence-electron chi connectivity index (χ3n) is 2.41. The number of nitrogens with zero attached hydrogens (tertiary/aromatic N) is 4. The van der Waals surface area contributed by atoms with Gasteiger partial charge in [-0.3, -0.25) is 20.4 Å². The zero-order valence-corrected chi connectivity index (χ0v) is 9.91. The van der Waals surface area contributed by atoms with Crippen LogP contribution in [0.4, 0.5) is 0 Å². The molecule has 10 heteroatoms. The minimum absolute atomic E-state index is 0.0812. The Morgan fingerprint density at radius 3 is 1.55 bits per heavy atom. The normalized spacial score (nSPS) is 13.8. The van der Waals surface area contributed by atoms with Crippen LogP contribution in [-0.4, -0.2) is 31.6 Å². The molecule has 2 aromatic heterocycles. The first-order valence-corrected chi connectivity index (χ1v) is 5.51. The molecule has 0 saturated heterocycles. The Bertz CT molecular complexity index is 749. The van der Waals surface area contributed by atoms with Crippen LogP contribution in [0.15, 0.2) is 44.6 Å². The maximum atomic E-state index is 11.5. The van der Waals surface area contributed by atoms with Crippen molar-refractivity contribution in [2.45, 2.75) is 0 Å². The van der Waals surface area contributed by atoms with Crippen molar-refractivity contribution in [3.05, 3.63) is 56.9 Å². The SMILES string of the molecule is O=c1[nH]ccnc1C1=NNC(c2ncc[nH]c2=O)=NN1. The Balaban J connectivity index is 1.89. The van der Waals surface area contributed by atoms with Crippen LogP contribution in [0.25, 0.3) is 0 Å². The standard InChI is InChI=1S/C10H8N8O2/c19-9-5(11-1-3-13-9)7-15-17-8(18-16-7)6-10(20)14-4-2-12-6/h1-4H,(H,13,19)(H,14,20)(H,15,16)(H,17,18). The van der Waals surface area contributed by atoms with Gasteiger partial charge in [0.25, 0.3) is 11.1 Å². The number of rotatable bonds is 2. The van der Waals surface area contributed by atoms with Crippen LogP contribution in [0.2, 0.25) is 0 Å². The molecular weight excluding hydrogens is 264 g/mol. The molecule has 100 valence electrons. The number of hydrogen-bond donors (Lipinski definition) is 4. The molecule has 1 aliphatic heterocycles. The fourth-order valence-corrected chi connectivity index (χ4v) is 1.52.